The molecule has 1 saturated heterocycles. The van der Waals surface area contributed by atoms with Crippen molar-refractivity contribution in [2.75, 3.05) is 6.54 Å². The molecule has 1 heterocycles. The lowest BCUT2D eigenvalue weighted by molar-refractivity contribution is -0.154. The number of carbonyl (C=O) groups excluding carboxylic acids is 2. The molecule has 4 nitrogen and oxygen atoms in total. The van der Waals surface area contributed by atoms with Crippen LogP contribution in [0.2, 0.25) is 0 Å². The first kappa shape index (κ1) is 10.5. The molecule has 0 aromatic carbocycles. The van der Waals surface area contributed by atoms with Gasteiger partial charge in [-0.05, 0) is 26.7 Å². The summed E-state index contributed by atoms with van der Waals surface area (Å²) in [6.07, 6.45) is 4.43. The summed E-state index contributed by atoms with van der Waals surface area (Å²) in [6, 6.07) is 0.276. The Labute approximate surface area is 90.0 Å². The molecule has 4 heteroatoms. The Balaban J connectivity index is 2.24. The van der Waals surface area contributed by atoms with E-state index in [1.807, 2.05) is 13.8 Å². The predicted octanol–water partition coefficient (Wildman–Crippen LogP) is 0.666. The van der Waals surface area contributed by atoms with E-state index in [1.165, 1.54) is 12.8 Å². The number of rotatable bonds is 1. The zero-order chi connectivity index (χ0) is 11.1. The molecule has 0 bridgehead atoms. The molecule has 15 heavy (non-hydrogen) atoms. The molecule has 0 spiro atoms. The number of nitrogens with zero attached hydrogens (tertiary/aromatic N) is 1. The Morgan fingerprint density at radius 3 is 2.47 bits per heavy atom. The summed E-state index contributed by atoms with van der Waals surface area (Å²) in [7, 11) is 0. The van der Waals surface area contributed by atoms with Crippen LogP contribution in [0.1, 0.15) is 39.5 Å². The summed E-state index contributed by atoms with van der Waals surface area (Å²) in [5.74, 6) is 0.0282. The lowest BCUT2D eigenvalue weighted by Crippen LogP contribution is -2.66. The molecule has 2 fully saturated rings. The van der Waals surface area contributed by atoms with Crippen molar-refractivity contribution in [3.05, 3.63) is 0 Å². The normalized spacial score (nSPS) is 26.9. The summed E-state index contributed by atoms with van der Waals surface area (Å²) in [6.45, 7) is 3.83. The van der Waals surface area contributed by atoms with Crippen molar-refractivity contribution < 1.29 is 9.59 Å². The Morgan fingerprint density at radius 1 is 1.27 bits per heavy atom. The first-order chi connectivity index (χ1) is 7.03. The fraction of sp³-hybridized carbons (Fsp3) is 0.818. The monoisotopic (exact) mass is 210 g/mol. The van der Waals surface area contributed by atoms with Gasteiger partial charge in [0.1, 0.15) is 5.54 Å². The molecular weight excluding hydrogens is 192 g/mol. The van der Waals surface area contributed by atoms with Gasteiger partial charge in [0, 0.05) is 6.04 Å². The van der Waals surface area contributed by atoms with Gasteiger partial charge < -0.3 is 10.2 Å². The van der Waals surface area contributed by atoms with Gasteiger partial charge in [-0.2, -0.15) is 0 Å². The van der Waals surface area contributed by atoms with Crippen LogP contribution in [0.4, 0.5) is 0 Å². The van der Waals surface area contributed by atoms with Gasteiger partial charge in [-0.1, -0.05) is 12.8 Å². The predicted molar refractivity (Wildman–Crippen MR) is 56.2 cm³/mol. The Bertz CT molecular complexity index is 293. The number of amides is 2. The van der Waals surface area contributed by atoms with Gasteiger partial charge in [0.05, 0.1) is 6.54 Å². The molecule has 0 aromatic rings. The Kier molecular flexibility index (Phi) is 2.44. The molecular formula is C11H18N2O2. The van der Waals surface area contributed by atoms with Crippen LogP contribution in [-0.4, -0.2) is 34.8 Å². The highest BCUT2D eigenvalue weighted by Crippen LogP contribution is 2.30. The molecule has 0 aromatic heterocycles. The highest BCUT2D eigenvalue weighted by Gasteiger charge is 2.45. The molecule has 84 valence electrons. The molecule has 1 N–H and O–H groups in total. The van der Waals surface area contributed by atoms with Crippen LogP contribution in [0.25, 0.3) is 0 Å². The first-order valence-corrected chi connectivity index (χ1v) is 5.64. The molecule has 2 rings (SSSR count). The summed E-state index contributed by atoms with van der Waals surface area (Å²) in [5.41, 5.74) is -0.676. The van der Waals surface area contributed by atoms with Crippen molar-refractivity contribution in [2.24, 2.45) is 0 Å². The van der Waals surface area contributed by atoms with Gasteiger partial charge in [-0.3, -0.25) is 9.59 Å². The zero-order valence-corrected chi connectivity index (χ0v) is 9.38. The Hall–Kier alpha value is -1.06. The second-order valence-corrected chi connectivity index (χ2v) is 4.94. The maximum Gasteiger partial charge on any atom is 0.245 e. The summed E-state index contributed by atoms with van der Waals surface area (Å²) >= 11 is 0. The van der Waals surface area contributed by atoms with Crippen LogP contribution in [0.5, 0.6) is 0 Å². The SMILES string of the molecule is CC1(C)C(=O)NCC(=O)N1C1CCCC1. The number of hydrogen-bond acceptors (Lipinski definition) is 2. The molecule has 1 aliphatic heterocycles. The Morgan fingerprint density at radius 2 is 1.87 bits per heavy atom. The molecule has 1 aliphatic carbocycles. The van der Waals surface area contributed by atoms with Crippen LogP contribution in [-0.2, 0) is 9.59 Å². The van der Waals surface area contributed by atoms with Gasteiger partial charge in [0.2, 0.25) is 11.8 Å². The minimum atomic E-state index is -0.676. The molecule has 2 amide bonds. The van der Waals surface area contributed by atoms with Crippen molar-refractivity contribution in [1.29, 1.82) is 0 Å². The van der Waals surface area contributed by atoms with E-state index in [2.05, 4.69) is 5.32 Å². The van der Waals surface area contributed by atoms with Crippen molar-refractivity contribution in [3.8, 4) is 0 Å². The van der Waals surface area contributed by atoms with E-state index in [0.29, 0.717) is 0 Å². The largest absolute Gasteiger partial charge is 0.345 e. The average molecular weight is 210 g/mol. The van der Waals surface area contributed by atoms with Gasteiger partial charge >= 0.3 is 0 Å². The maximum absolute atomic E-state index is 11.9. The van der Waals surface area contributed by atoms with Crippen molar-refractivity contribution in [1.82, 2.24) is 10.2 Å². The van der Waals surface area contributed by atoms with E-state index in [4.69, 9.17) is 0 Å². The minimum absolute atomic E-state index is 0.0333. The molecule has 0 atom stereocenters. The standard InChI is InChI=1S/C11H18N2O2/c1-11(2)10(15)12-7-9(14)13(11)8-5-3-4-6-8/h8H,3-7H2,1-2H3,(H,12,15). The van der Waals surface area contributed by atoms with Crippen molar-refractivity contribution in [2.45, 2.75) is 51.1 Å². The van der Waals surface area contributed by atoms with Gasteiger partial charge in [-0.15, -0.1) is 0 Å². The zero-order valence-electron chi connectivity index (χ0n) is 9.38. The minimum Gasteiger partial charge on any atom is -0.345 e. The summed E-state index contributed by atoms with van der Waals surface area (Å²) in [5, 5.41) is 2.65. The highest BCUT2D eigenvalue weighted by atomic mass is 16.2. The first-order valence-electron chi connectivity index (χ1n) is 5.64. The second kappa shape index (κ2) is 3.51. The fourth-order valence-corrected chi connectivity index (χ4v) is 2.70. The summed E-state index contributed by atoms with van der Waals surface area (Å²) < 4.78 is 0. The van der Waals surface area contributed by atoms with Crippen LogP contribution in [0.15, 0.2) is 0 Å². The molecule has 2 aliphatic rings. The van der Waals surface area contributed by atoms with E-state index in [1.54, 1.807) is 4.90 Å². The van der Waals surface area contributed by atoms with Gasteiger partial charge in [0.25, 0.3) is 0 Å². The number of piperazine rings is 1. The molecule has 0 unspecified atom stereocenters. The van der Waals surface area contributed by atoms with Gasteiger partial charge in [0.15, 0.2) is 0 Å². The topological polar surface area (TPSA) is 49.4 Å². The summed E-state index contributed by atoms with van der Waals surface area (Å²) in [4.78, 5) is 25.4. The third-order valence-electron chi connectivity index (χ3n) is 3.52. The lowest BCUT2D eigenvalue weighted by atomic mass is 9.95. The number of nitrogens with one attached hydrogen (secondary N) is 1. The lowest BCUT2D eigenvalue weighted by Gasteiger charge is -2.44. The van der Waals surface area contributed by atoms with Crippen molar-refractivity contribution in [3.63, 3.8) is 0 Å². The fourth-order valence-electron chi connectivity index (χ4n) is 2.70. The van der Waals surface area contributed by atoms with Crippen LogP contribution in [0.3, 0.4) is 0 Å². The van der Waals surface area contributed by atoms with E-state index in [-0.39, 0.29) is 24.4 Å². The third kappa shape index (κ3) is 1.62. The average Bonchev–Trinajstić information content (AvgIpc) is 2.65. The van der Waals surface area contributed by atoms with Crippen LogP contribution in [0, 0.1) is 0 Å². The molecule has 1 saturated carbocycles. The number of hydrogen-bond donors (Lipinski definition) is 1. The smallest absolute Gasteiger partial charge is 0.245 e. The van der Waals surface area contributed by atoms with Gasteiger partial charge in [-0.25, -0.2) is 0 Å². The van der Waals surface area contributed by atoms with E-state index >= 15 is 0 Å². The quantitative estimate of drug-likeness (QED) is 0.691. The highest BCUT2D eigenvalue weighted by molar-refractivity contribution is 5.97. The van der Waals surface area contributed by atoms with E-state index in [9.17, 15) is 9.59 Å². The van der Waals surface area contributed by atoms with Crippen LogP contribution >= 0.6 is 0 Å². The van der Waals surface area contributed by atoms with E-state index in [0.717, 1.165) is 12.8 Å². The third-order valence-corrected chi connectivity index (χ3v) is 3.52. The van der Waals surface area contributed by atoms with Crippen LogP contribution < -0.4 is 5.32 Å². The van der Waals surface area contributed by atoms with E-state index < -0.39 is 5.54 Å². The second-order valence-electron chi connectivity index (χ2n) is 4.94. The maximum atomic E-state index is 11.9. The molecule has 0 radical (unpaired) electrons. The van der Waals surface area contributed by atoms with Crippen molar-refractivity contribution >= 4 is 11.8 Å². The number of carbonyl (C=O) groups is 2.